The second-order valence-corrected chi connectivity index (χ2v) is 7.22. The number of nitrogens with zero attached hydrogens (tertiary/aromatic N) is 2. The van der Waals surface area contributed by atoms with E-state index in [4.69, 9.17) is 0 Å². The van der Waals surface area contributed by atoms with Crippen molar-refractivity contribution in [1.29, 1.82) is 0 Å². The van der Waals surface area contributed by atoms with Gasteiger partial charge in [0.1, 0.15) is 17.3 Å². The molecule has 0 fully saturated rings. The zero-order valence-electron chi connectivity index (χ0n) is 13.3. The molecule has 0 atom stereocenters. The van der Waals surface area contributed by atoms with Crippen LogP contribution in [0.15, 0.2) is 64.5 Å². The van der Waals surface area contributed by atoms with E-state index in [1.165, 1.54) is 18.2 Å². The van der Waals surface area contributed by atoms with Crippen molar-refractivity contribution in [2.45, 2.75) is 16.5 Å². The van der Waals surface area contributed by atoms with E-state index in [0.717, 1.165) is 22.9 Å². The molecule has 0 saturated carbocycles. The molecule has 5 nitrogen and oxygen atoms in total. The topological polar surface area (TPSA) is 64.0 Å². The van der Waals surface area contributed by atoms with Crippen LogP contribution in [0.3, 0.4) is 0 Å². The Balaban J connectivity index is 2.25. The first kappa shape index (κ1) is 17.2. The van der Waals surface area contributed by atoms with Crippen molar-refractivity contribution in [2.24, 2.45) is 0 Å². The Morgan fingerprint density at radius 1 is 1.08 bits per heavy atom. The highest BCUT2D eigenvalue weighted by atomic mass is 32.2. The maximum atomic E-state index is 14.2. The standard InChI is InChI=1S/C17H15F2N3O2S/c1-20-11-13-10-17(25(23,24)14-5-3-2-4-6-14)22(21-13)16-9-12(18)7-8-15(16)19/h2-10,20H,11H2,1H3. The average Bonchev–Trinajstić information content (AvgIpc) is 3.03. The first-order chi connectivity index (χ1) is 11.9. The SMILES string of the molecule is CNCc1cc(S(=O)(=O)c2ccccc2)n(-c2cc(F)ccc2F)n1. The molecule has 8 heteroatoms. The van der Waals surface area contributed by atoms with Gasteiger partial charge >= 0.3 is 0 Å². The zero-order chi connectivity index (χ0) is 18.0. The number of halogens is 2. The molecule has 0 saturated heterocycles. The minimum Gasteiger partial charge on any atom is -0.314 e. The highest BCUT2D eigenvalue weighted by Crippen LogP contribution is 2.26. The molecule has 0 amide bonds. The normalized spacial score (nSPS) is 11.6. The van der Waals surface area contributed by atoms with Gasteiger partial charge in [0.25, 0.3) is 0 Å². The highest BCUT2D eigenvalue weighted by Gasteiger charge is 2.26. The molecule has 1 N–H and O–H groups in total. The molecule has 0 aliphatic heterocycles. The van der Waals surface area contributed by atoms with Gasteiger partial charge in [-0.25, -0.2) is 21.9 Å². The van der Waals surface area contributed by atoms with Gasteiger partial charge in [-0.1, -0.05) is 18.2 Å². The van der Waals surface area contributed by atoms with Crippen LogP contribution in [-0.4, -0.2) is 25.2 Å². The van der Waals surface area contributed by atoms with Gasteiger partial charge in [0.2, 0.25) is 9.84 Å². The van der Waals surface area contributed by atoms with Gasteiger partial charge < -0.3 is 5.32 Å². The van der Waals surface area contributed by atoms with Crippen LogP contribution in [0.1, 0.15) is 5.69 Å². The van der Waals surface area contributed by atoms with Gasteiger partial charge in [0.15, 0.2) is 5.03 Å². The molecule has 0 spiro atoms. The molecule has 0 aliphatic rings. The lowest BCUT2D eigenvalue weighted by atomic mass is 10.3. The Morgan fingerprint density at radius 3 is 2.48 bits per heavy atom. The summed E-state index contributed by atoms with van der Waals surface area (Å²) in [5, 5.41) is 6.76. The summed E-state index contributed by atoms with van der Waals surface area (Å²) in [5.74, 6) is -1.46. The van der Waals surface area contributed by atoms with Crippen LogP contribution in [0.5, 0.6) is 0 Å². The van der Waals surface area contributed by atoms with E-state index in [2.05, 4.69) is 10.4 Å². The summed E-state index contributed by atoms with van der Waals surface area (Å²) in [6.45, 7) is 0.279. The number of aromatic nitrogens is 2. The third-order valence-corrected chi connectivity index (χ3v) is 5.28. The summed E-state index contributed by atoms with van der Waals surface area (Å²) in [7, 11) is -2.29. The second-order valence-electron chi connectivity index (χ2n) is 5.33. The zero-order valence-corrected chi connectivity index (χ0v) is 14.1. The Morgan fingerprint density at radius 2 is 1.80 bits per heavy atom. The fourth-order valence-electron chi connectivity index (χ4n) is 2.41. The van der Waals surface area contributed by atoms with Crippen molar-refractivity contribution in [2.75, 3.05) is 7.05 Å². The molecular weight excluding hydrogens is 348 g/mol. The smallest absolute Gasteiger partial charge is 0.223 e. The van der Waals surface area contributed by atoms with Crippen molar-refractivity contribution in [3.63, 3.8) is 0 Å². The van der Waals surface area contributed by atoms with E-state index >= 15 is 0 Å². The molecule has 2 aromatic carbocycles. The fraction of sp³-hybridized carbons (Fsp3) is 0.118. The minimum atomic E-state index is -3.96. The Hall–Kier alpha value is -2.58. The van der Waals surface area contributed by atoms with E-state index in [1.807, 2.05) is 0 Å². The molecule has 0 radical (unpaired) electrons. The van der Waals surface area contributed by atoms with E-state index in [-0.39, 0.29) is 22.2 Å². The lowest BCUT2D eigenvalue weighted by Crippen LogP contribution is -2.11. The monoisotopic (exact) mass is 363 g/mol. The molecule has 0 unspecified atom stereocenters. The van der Waals surface area contributed by atoms with Crippen molar-refractivity contribution in [3.05, 3.63) is 71.9 Å². The number of rotatable bonds is 5. The minimum absolute atomic E-state index is 0.0453. The van der Waals surface area contributed by atoms with Crippen LogP contribution in [0, 0.1) is 11.6 Å². The van der Waals surface area contributed by atoms with E-state index in [0.29, 0.717) is 5.69 Å². The summed E-state index contributed by atoms with van der Waals surface area (Å²) < 4.78 is 54.6. The maximum absolute atomic E-state index is 14.2. The van der Waals surface area contributed by atoms with Crippen LogP contribution in [-0.2, 0) is 16.4 Å². The molecular formula is C17H15F2N3O2S. The number of benzene rings is 2. The lowest BCUT2D eigenvalue weighted by molar-refractivity contribution is 0.566. The number of sulfone groups is 1. The quantitative estimate of drug-likeness (QED) is 0.757. The van der Waals surface area contributed by atoms with Crippen LogP contribution >= 0.6 is 0 Å². The third-order valence-electron chi connectivity index (χ3n) is 3.55. The second kappa shape index (κ2) is 6.73. The summed E-state index contributed by atoms with van der Waals surface area (Å²) >= 11 is 0. The first-order valence-corrected chi connectivity index (χ1v) is 8.91. The highest BCUT2D eigenvalue weighted by molar-refractivity contribution is 7.91. The molecule has 3 rings (SSSR count). The average molecular weight is 363 g/mol. The van der Waals surface area contributed by atoms with Gasteiger partial charge in [-0.2, -0.15) is 5.10 Å². The Kier molecular flexibility index (Phi) is 4.65. The van der Waals surface area contributed by atoms with Crippen LogP contribution in [0.4, 0.5) is 8.78 Å². The van der Waals surface area contributed by atoms with Gasteiger partial charge in [-0.05, 0) is 31.3 Å². The molecule has 3 aromatic rings. The van der Waals surface area contributed by atoms with Gasteiger partial charge in [0.05, 0.1) is 10.6 Å². The maximum Gasteiger partial charge on any atom is 0.223 e. The molecule has 1 aromatic heterocycles. The Bertz CT molecular complexity index is 1000. The molecule has 130 valence electrons. The van der Waals surface area contributed by atoms with Gasteiger partial charge in [0, 0.05) is 18.7 Å². The van der Waals surface area contributed by atoms with Crippen molar-refractivity contribution >= 4 is 9.84 Å². The van der Waals surface area contributed by atoms with Crippen molar-refractivity contribution in [1.82, 2.24) is 15.1 Å². The number of hydrogen-bond donors (Lipinski definition) is 1. The van der Waals surface area contributed by atoms with Crippen LogP contribution in [0.2, 0.25) is 0 Å². The fourth-order valence-corrected chi connectivity index (χ4v) is 3.83. The van der Waals surface area contributed by atoms with Crippen LogP contribution < -0.4 is 5.32 Å². The van der Waals surface area contributed by atoms with E-state index < -0.39 is 21.5 Å². The van der Waals surface area contributed by atoms with Crippen molar-refractivity contribution in [3.8, 4) is 5.69 Å². The number of nitrogens with one attached hydrogen (secondary N) is 1. The Labute approximate surface area is 143 Å². The summed E-state index contributed by atoms with van der Waals surface area (Å²) in [6, 6.07) is 11.9. The predicted molar refractivity (Wildman–Crippen MR) is 88.1 cm³/mol. The molecule has 0 bridgehead atoms. The van der Waals surface area contributed by atoms with Crippen LogP contribution in [0.25, 0.3) is 5.69 Å². The third kappa shape index (κ3) is 3.31. The van der Waals surface area contributed by atoms with E-state index in [1.54, 1.807) is 25.2 Å². The summed E-state index contributed by atoms with van der Waals surface area (Å²) in [4.78, 5) is 0.0453. The van der Waals surface area contributed by atoms with Gasteiger partial charge in [-0.3, -0.25) is 0 Å². The van der Waals surface area contributed by atoms with Crippen molar-refractivity contribution < 1.29 is 17.2 Å². The number of hydrogen-bond acceptors (Lipinski definition) is 4. The first-order valence-electron chi connectivity index (χ1n) is 7.42. The van der Waals surface area contributed by atoms with E-state index in [9.17, 15) is 17.2 Å². The molecule has 0 aliphatic carbocycles. The summed E-state index contributed by atoms with van der Waals surface area (Å²) in [6.07, 6.45) is 0. The molecule has 1 heterocycles. The lowest BCUT2D eigenvalue weighted by Gasteiger charge is -2.09. The predicted octanol–water partition coefficient (Wildman–Crippen LogP) is 2.70. The molecule has 25 heavy (non-hydrogen) atoms. The largest absolute Gasteiger partial charge is 0.314 e. The van der Waals surface area contributed by atoms with Gasteiger partial charge in [-0.15, -0.1) is 0 Å². The summed E-state index contributed by atoms with van der Waals surface area (Å²) in [5.41, 5.74) is 0.123.